The Hall–Kier alpha value is -3.50. The smallest absolute Gasteiger partial charge is 0.271 e. The highest BCUT2D eigenvalue weighted by atomic mass is 32.2. The van der Waals surface area contributed by atoms with Crippen molar-refractivity contribution in [2.75, 3.05) is 26.7 Å². The molecule has 2 heterocycles. The van der Waals surface area contributed by atoms with Crippen LogP contribution in [0.4, 0.5) is 0 Å². The average molecular weight is 576 g/mol. The van der Waals surface area contributed by atoms with Gasteiger partial charge in [-0.25, -0.2) is 8.42 Å². The number of benzene rings is 3. The Morgan fingerprint density at radius 1 is 1.02 bits per heavy atom. The highest BCUT2D eigenvalue weighted by Gasteiger charge is 2.34. The van der Waals surface area contributed by atoms with Crippen molar-refractivity contribution in [1.29, 1.82) is 0 Å². The van der Waals surface area contributed by atoms with Gasteiger partial charge < -0.3 is 19.3 Å². The summed E-state index contributed by atoms with van der Waals surface area (Å²) in [7, 11) is -0.295. The van der Waals surface area contributed by atoms with Crippen LogP contribution in [0.2, 0.25) is 0 Å². The molecule has 216 valence electrons. The summed E-state index contributed by atoms with van der Waals surface area (Å²) >= 11 is 0. The van der Waals surface area contributed by atoms with Gasteiger partial charge in [-0.2, -0.15) is 4.31 Å². The molecule has 0 aliphatic carbocycles. The Labute approximate surface area is 241 Å². The molecule has 1 N–H and O–H groups in total. The van der Waals surface area contributed by atoms with Gasteiger partial charge >= 0.3 is 0 Å². The number of amides is 1. The third-order valence-corrected chi connectivity index (χ3v) is 9.95. The van der Waals surface area contributed by atoms with Crippen molar-refractivity contribution in [1.82, 2.24) is 13.8 Å². The molecule has 3 aromatic carbocycles. The standard InChI is InChI=1S/C32H37N3O5S/c1-22-18-35(23(2)20-36)32(37)31-30(27-16-10-11-17-28(27)34(31)4)26-15-9-8-12-24(26)21-40-29(22)19-33(3)41(38,39)25-13-6-5-7-14-25/h5-17,22-23,29,36H,18-21H2,1-4H3/t22-,23+,29+/m1/s1. The number of nitrogens with zero attached hydrogens (tertiary/aromatic N) is 3. The number of hydrogen-bond donors (Lipinski definition) is 1. The first-order valence-corrected chi connectivity index (χ1v) is 15.3. The third-order valence-electron chi connectivity index (χ3n) is 8.11. The number of sulfonamides is 1. The van der Waals surface area contributed by atoms with Gasteiger partial charge in [-0.15, -0.1) is 0 Å². The maximum absolute atomic E-state index is 14.4. The minimum absolute atomic E-state index is 0.103. The van der Waals surface area contributed by atoms with E-state index in [1.807, 2.05) is 74.0 Å². The summed E-state index contributed by atoms with van der Waals surface area (Å²) in [5.41, 5.74) is 4.12. The number of hydrogen-bond acceptors (Lipinski definition) is 5. The van der Waals surface area contributed by atoms with E-state index in [0.29, 0.717) is 5.69 Å². The van der Waals surface area contributed by atoms with Gasteiger partial charge in [-0.1, -0.05) is 67.6 Å². The van der Waals surface area contributed by atoms with Crippen LogP contribution in [0.25, 0.3) is 22.0 Å². The molecular weight excluding hydrogens is 538 g/mol. The van der Waals surface area contributed by atoms with Crippen molar-refractivity contribution in [2.24, 2.45) is 13.0 Å². The molecule has 0 saturated carbocycles. The van der Waals surface area contributed by atoms with Crippen molar-refractivity contribution >= 4 is 26.8 Å². The average Bonchev–Trinajstić information content (AvgIpc) is 3.28. The topological polar surface area (TPSA) is 92.1 Å². The minimum atomic E-state index is -3.75. The van der Waals surface area contributed by atoms with E-state index in [1.54, 1.807) is 42.3 Å². The summed E-state index contributed by atoms with van der Waals surface area (Å²) in [5.74, 6) is -0.433. The van der Waals surface area contributed by atoms with Gasteiger partial charge in [0.1, 0.15) is 5.69 Å². The van der Waals surface area contributed by atoms with Crippen LogP contribution in [0.15, 0.2) is 83.8 Å². The Morgan fingerprint density at radius 2 is 1.68 bits per heavy atom. The maximum Gasteiger partial charge on any atom is 0.271 e. The molecule has 0 radical (unpaired) electrons. The second kappa shape index (κ2) is 11.8. The molecule has 0 bridgehead atoms. The highest BCUT2D eigenvalue weighted by molar-refractivity contribution is 7.89. The van der Waals surface area contributed by atoms with Crippen molar-refractivity contribution in [2.45, 2.75) is 37.5 Å². The van der Waals surface area contributed by atoms with Gasteiger partial charge in [-0.3, -0.25) is 4.79 Å². The summed E-state index contributed by atoms with van der Waals surface area (Å²) in [5, 5.41) is 11.1. The molecule has 1 amide bonds. The summed E-state index contributed by atoms with van der Waals surface area (Å²) < 4.78 is 36.5. The van der Waals surface area contributed by atoms with Crippen molar-refractivity contribution in [3.8, 4) is 11.1 Å². The Kier molecular flexibility index (Phi) is 8.33. The molecule has 1 aromatic heterocycles. The first-order chi connectivity index (χ1) is 19.6. The molecule has 41 heavy (non-hydrogen) atoms. The summed E-state index contributed by atoms with van der Waals surface area (Å²) in [4.78, 5) is 16.3. The molecule has 4 aromatic rings. The van der Waals surface area contributed by atoms with Gasteiger partial charge in [0.15, 0.2) is 0 Å². The monoisotopic (exact) mass is 575 g/mol. The molecule has 0 fully saturated rings. The van der Waals surface area contributed by atoms with E-state index in [1.165, 1.54) is 4.31 Å². The van der Waals surface area contributed by atoms with Crippen molar-refractivity contribution in [3.63, 3.8) is 0 Å². The SMILES string of the molecule is C[C@@H]1CN([C@@H](C)CO)C(=O)c2c(c3ccccc3n2C)-c2ccccc2CO[C@H]1CN(C)S(=O)(=O)c1ccccc1. The second-order valence-corrected chi connectivity index (χ2v) is 12.9. The van der Waals surface area contributed by atoms with E-state index in [-0.39, 0.29) is 43.0 Å². The van der Waals surface area contributed by atoms with Crippen molar-refractivity contribution < 1.29 is 23.1 Å². The van der Waals surface area contributed by atoms with Gasteiger partial charge in [0.05, 0.1) is 30.3 Å². The van der Waals surface area contributed by atoms with E-state index >= 15 is 0 Å². The van der Waals surface area contributed by atoms with Crippen LogP contribution in [0.3, 0.4) is 0 Å². The number of carbonyl (C=O) groups is 1. The molecule has 0 saturated heterocycles. The largest absolute Gasteiger partial charge is 0.394 e. The first-order valence-electron chi connectivity index (χ1n) is 13.9. The van der Waals surface area contributed by atoms with Crippen LogP contribution >= 0.6 is 0 Å². The van der Waals surface area contributed by atoms with E-state index in [2.05, 4.69) is 0 Å². The lowest BCUT2D eigenvalue weighted by atomic mass is 9.96. The quantitative estimate of drug-likeness (QED) is 0.365. The van der Waals surface area contributed by atoms with E-state index in [0.717, 1.165) is 27.6 Å². The molecule has 5 rings (SSSR count). The predicted octanol–water partition coefficient (Wildman–Crippen LogP) is 4.52. The van der Waals surface area contributed by atoms with Crippen LogP contribution in [0, 0.1) is 5.92 Å². The number of carbonyl (C=O) groups excluding carboxylic acids is 1. The summed E-state index contributed by atoms with van der Waals surface area (Å²) in [6.45, 7) is 4.21. The lowest BCUT2D eigenvalue weighted by Crippen LogP contribution is -2.48. The van der Waals surface area contributed by atoms with Crippen LogP contribution in [0.1, 0.15) is 29.9 Å². The van der Waals surface area contributed by atoms with E-state index in [4.69, 9.17) is 4.74 Å². The minimum Gasteiger partial charge on any atom is -0.394 e. The van der Waals surface area contributed by atoms with E-state index < -0.39 is 22.2 Å². The van der Waals surface area contributed by atoms with Crippen LogP contribution in [-0.4, -0.2) is 72.1 Å². The van der Waals surface area contributed by atoms with Gasteiger partial charge in [0, 0.05) is 49.6 Å². The zero-order valence-corrected chi connectivity index (χ0v) is 24.7. The van der Waals surface area contributed by atoms with Gasteiger partial charge in [0.2, 0.25) is 10.0 Å². The number of rotatable bonds is 6. The number of aliphatic hydroxyl groups excluding tert-OH is 1. The summed E-state index contributed by atoms with van der Waals surface area (Å²) in [6, 6.07) is 23.7. The lowest BCUT2D eigenvalue weighted by Gasteiger charge is -2.35. The zero-order valence-electron chi connectivity index (χ0n) is 23.9. The highest BCUT2D eigenvalue weighted by Crippen LogP contribution is 2.38. The number of para-hydroxylation sites is 1. The molecular formula is C32H37N3O5S. The van der Waals surface area contributed by atoms with Crippen LogP contribution < -0.4 is 0 Å². The number of fused-ring (bicyclic) bond motifs is 5. The molecule has 8 nitrogen and oxygen atoms in total. The van der Waals surface area contributed by atoms with Crippen LogP contribution in [-0.2, 0) is 28.4 Å². The normalized spacial score (nSPS) is 19.1. The zero-order chi connectivity index (χ0) is 29.3. The number of likely N-dealkylation sites (N-methyl/N-ethyl adjacent to an activating group) is 1. The van der Waals surface area contributed by atoms with Gasteiger partial charge in [-0.05, 0) is 36.2 Å². The molecule has 0 unspecified atom stereocenters. The molecule has 1 aliphatic heterocycles. The first kappa shape index (κ1) is 29.0. The Morgan fingerprint density at radius 3 is 2.41 bits per heavy atom. The third kappa shape index (κ3) is 5.42. The summed E-state index contributed by atoms with van der Waals surface area (Å²) in [6.07, 6.45) is -0.523. The Bertz CT molecular complexity index is 1650. The predicted molar refractivity (Wildman–Crippen MR) is 160 cm³/mol. The van der Waals surface area contributed by atoms with E-state index in [9.17, 15) is 18.3 Å². The number of aromatic nitrogens is 1. The Balaban J connectivity index is 1.61. The number of aryl methyl sites for hydroxylation is 1. The fourth-order valence-corrected chi connectivity index (χ4v) is 6.85. The molecule has 9 heteroatoms. The number of ether oxygens (including phenoxy) is 1. The fraction of sp³-hybridized carbons (Fsp3) is 0.344. The molecule has 3 atom stereocenters. The van der Waals surface area contributed by atoms with Crippen molar-refractivity contribution in [3.05, 3.63) is 90.1 Å². The molecule has 0 spiro atoms. The molecule has 1 aliphatic rings. The fourth-order valence-electron chi connectivity index (χ4n) is 5.65. The maximum atomic E-state index is 14.4. The lowest BCUT2D eigenvalue weighted by molar-refractivity contribution is -0.0147. The van der Waals surface area contributed by atoms with Gasteiger partial charge in [0.25, 0.3) is 5.91 Å². The second-order valence-electron chi connectivity index (χ2n) is 10.9. The number of aliphatic hydroxyl groups is 1. The van der Waals surface area contributed by atoms with Crippen LogP contribution in [0.5, 0.6) is 0 Å².